The maximum Gasteiger partial charge on any atom is 0.232 e. The Morgan fingerprint density at radius 1 is 1.16 bits per heavy atom. The molecule has 0 bridgehead atoms. The Balaban J connectivity index is 1.66. The second-order valence-electron chi connectivity index (χ2n) is 8.88. The van der Waals surface area contributed by atoms with Gasteiger partial charge in [-0.05, 0) is 57.4 Å². The highest BCUT2D eigenvalue weighted by atomic mass is 32.2. The molecule has 0 aliphatic carbocycles. The molecule has 0 unspecified atom stereocenters. The number of hydrogen-bond donors (Lipinski definition) is 1. The second-order valence-corrected chi connectivity index (χ2v) is 10.8. The molecule has 1 aliphatic rings. The predicted molar refractivity (Wildman–Crippen MR) is 124 cm³/mol. The van der Waals surface area contributed by atoms with Gasteiger partial charge < -0.3 is 10.1 Å². The van der Waals surface area contributed by atoms with Crippen molar-refractivity contribution >= 4 is 21.6 Å². The van der Waals surface area contributed by atoms with Crippen molar-refractivity contribution < 1.29 is 17.9 Å². The monoisotopic (exact) mass is 444 g/mol. The Labute approximate surface area is 185 Å². The van der Waals surface area contributed by atoms with Crippen molar-refractivity contribution in [2.24, 2.45) is 0 Å². The topological polar surface area (TPSA) is 75.7 Å². The molecular weight excluding hydrogens is 412 g/mol. The predicted octanol–water partition coefficient (Wildman–Crippen LogP) is 4.27. The number of hydrogen-bond acceptors (Lipinski definition) is 4. The van der Waals surface area contributed by atoms with Gasteiger partial charge in [0.25, 0.3) is 0 Å². The summed E-state index contributed by atoms with van der Waals surface area (Å²) in [7, 11) is -3.45. The van der Waals surface area contributed by atoms with E-state index in [0.717, 1.165) is 22.4 Å². The van der Waals surface area contributed by atoms with Gasteiger partial charge in [-0.15, -0.1) is 0 Å². The van der Waals surface area contributed by atoms with Crippen molar-refractivity contribution in [3.8, 4) is 5.75 Å². The molecule has 1 amide bonds. The number of sulfonamides is 1. The fourth-order valence-electron chi connectivity index (χ4n) is 4.05. The molecular formula is C24H32N2O4S. The van der Waals surface area contributed by atoms with E-state index < -0.39 is 10.0 Å². The highest BCUT2D eigenvalue weighted by Crippen LogP contribution is 2.39. The summed E-state index contributed by atoms with van der Waals surface area (Å²) in [5.41, 5.74) is 3.23. The Morgan fingerprint density at radius 2 is 1.87 bits per heavy atom. The van der Waals surface area contributed by atoms with E-state index in [-0.39, 0.29) is 30.5 Å². The Bertz CT molecular complexity index is 1060. The first-order valence-corrected chi connectivity index (χ1v) is 12.4. The van der Waals surface area contributed by atoms with E-state index in [9.17, 15) is 13.2 Å². The van der Waals surface area contributed by atoms with E-state index in [0.29, 0.717) is 18.5 Å². The highest BCUT2D eigenvalue weighted by molar-refractivity contribution is 7.92. The number of para-hydroxylation sites is 1. The summed E-state index contributed by atoms with van der Waals surface area (Å²) in [5, 5.41) is 3.12. The minimum atomic E-state index is -3.45. The van der Waals surface area contributed by atoms with Crippen LogP contribution in [0.2, 0.25) is 0 Å². The largest absolute Gasteiger partial charge is 0.487 e. The molecule has 0 radical (unpaired) electrons. The van der Waals surface area contributed by atoms with Crippen LogP contribution in [0.15, 0.2) is 42.5 Å². The Hall–Kier alpha value is -2.54. The van der Waals surface area contributed by atoms with Crippen LogP contribution in [-0.2, 0) is 14.8 Å². The van der Waals surface area contributed by atoms with Crippen LogP contribution in [-0.4, -0.2) is 32.7 Å². The van der Waals surface area contributed by atoms with Gasteiger partial charge in [0.2, 0.25) is 15.9 Å². The maximum absolute atomic E-state index is 12.7. The zero-order chi connectivity index (χ0) is 22.8. The van der Waals surface area contributed by atoms with Crippen molar-refractivity contribution in [3.05, 3.63) is 59.2 Å². The van der Waals surface area contributed by atoms with Crippen LogP contribution in [0.5, 0.6) is 5.75 Å². The maximum atomic E-state index is 12.7. The number of nitrogens with one attached hydrogen (secondary N) is 1. The number of amides is 1. The molecule has 0 saturated heterocycles. The van der Waals surface area contributed by atoms with Gasteiger partial charge in [0.15, 0.2) is 0 Å². The molecule has 0 aromatic heterocycles. The van der Waals surface area contributed by atoms with Gasteiger partial charge in [-0.3, -0.25) is 9.10 Å². The molecule has 1 atom stereocenters. The summed E-state index contributed by atoms with van der Waals surface area (Å²) >= 11 is 0. The first-order chi connectivity index (χ1) is 14.5. The molecule has 0 fully saturated rings. The number of carbonyl (C=O) groups excluding carboxylic acids is 1. The molecule has 0 spiro atoms. The Kier molecular flexibility index (Phi) is 6.65. The van der Waals surface area contributed by atoms with Crippen LogP contribution in [0.3, 0.4) is 0 Å². The summed E-state index contributed by atoms with van der Waals surface area (Å²) in [4.78, 5) is 12.7. The molecule has 0 saturated carbocycles. The van der Waals surface area contributed by atoms with Crippen LogP contribution in [0.1, 0.15) is 55.8 Å². The van der Waals surface area contributed by atoms with Gasteiger partial charge in [0.1, 0.15) is 11.4 Å². The number of ether oxygens (including phenoxy) is 1. The minimum absolute atomic E-state index is 0.0908. The average molecular weight is 445 g/mol. The van der Waals surface area contributed by atoms with E-state index in [1.165, 1.54) is 10.6 Å². The third-order valence-electron chi connectivity index (χ3n) is 5.72. The third kappa shape index (κ3) is 5.58. The number of nitrogens with zero attached hydrogens (tertiary/aromatic N) is 1. The van der Waals surface area contributed by atoms with E-state index in [4.69, 9.17) is 4.74 Å². The summed E-state index contributed by atoms with van der Waals surface area (Å²) in [6.45, 7) is 8.15. The molecule has 2 aromatic rings. The third-order valence-corrected chi connectivity index (χ3v) is 6.90. The fraction of sp³-hybridized carbons (Fsp3) is 0.458. The fourth-order valence-corrected chi connectivity index (χ4v) is 5.07. The van der Waals surface area contributed by atoms with Crippen LogP contribution < -0.4 is 14.4 Å². The quantitative estimate of drug-likeness (QED) is 0.692. The van der Waals surface area contributed by atoms with E-state index in [2.05, 4.69) is 5.32 Å². The lowest BCUT2D eigenvalue weighted by Crippen LogP contribution is -2.41. The van der Waals surface area contributed by atoms with Crippen LogP contribution in [0.25, 0.3) is 0 Å². The molecule has 2 aromatic carbocycles. The number of fused-ring (bicyclic) bond motifs is 1. The lowest BCUT2D eigenvalue weighted by atomic mass is 9.89. The molecule has 1 heterocycles. The molecule has 168 valence electrons. The normalized spacial score (nSPS) is 17.4. The minimum Gasteiger partial charge on any atom is -0.487 e. The zero-order valence-corrected chi connectivity index (χ0v) is 19.8. The Morgan fingerprint density at radius 3 is 2.58 bits per heavy atom. The summed E-state index contributed by atoms with van der Waals surface area (Å²) in [5.74, 6) is 0.703. The molecule has 3 rings (SSSR count). The lowest BCUT2D eigenvalue weighted by molar-refractivity contribution is -0.122. The van der Waals surface area contributed by atoms with Gasteiger partial charge in [-0.25, -0.2) is 8.42 Å². The van der Waals surface area contributed by atoms with Crippen molar-refractivity contribution in [2.45, 2.75) is 58.6 Å². The number of carbonyl (C=O) groups is 1. The van der Waals surface area contributed by atoms with Gasteiger partial charge in [-0.2, -0.15) is 0 Å². The van der Waals surface area contributed by atoms with Gasteiger partial charge in [0.05, 0.1) is 18.0 Å². The van der Waals surface area contributed by atoms with Gasteiger partial charge in [-0.1, -0.05) is 30.3 Å². The van der Waals surface area contributed by atoms with Crippen LogP contribution in [0.4, 0.5) is 5.69 Å². The molecule has 31 heavy (non-hydrogen) atoms. The first-order valence-electron chi connectivity index (χ1n) is 10.6. The van der Waals surface area contributed by atoms with E-state index in [1.807, 2.05) is 70.2 Å². The van der Waals surface area contributed by atoms with Gasteiger partial charge in [0, 0.05) is 24.9 Å². The first kappa shape index (κ1) is 23.1. The number of rotatable bonds is 7. The smallest absolute Gasteiger partial charge is 0.232 e. The second kappa shape index (κ2) is 8.91. The number of anilines is 1. The molecule has 6 nitrogen and oxygen atoms in total. The van der Waals surface area contributed by atoms with Crippen LogP contribution >= 0.6 is 0 Å². The van der Waals surface area contributed by atoms with Crippen molar-refractivity contribution in [2.75, 3.05) is 17.1 Å². The van der Waals surface area contributed by atoms with Crippen LogP contribution in [0, 0.1) is 13.8 Å². The zero-order valence-electron chi connectivity index (χ0n) is 18.9. The van der Waals surface area contributed by atoms with Crippen molar-refractivity contribution in [3.63, 3.8) is 0 Å². The molecule has 1 N–H and O–H groups in total. The van der Waals surface area contributed by atoms with E-state index >= 15 is 0 Å². The number of aryl methyl sites for hydroxylation is 1. The van der Waals surface area contributed by atoms with Gasteiger partial charge >= 0.3 is 0 Å². The van der Waals surface area contributed by atoms with Crippen molar-refractivity contribution in [1.29, 1.82) is 0 Å². The standard InChI is InChI=1S/C24H32N2O4S/c1-17-10-8-12-21(18(17)2)26(31(5,28)29)15-9-14-23(27)25-20-16-24(3,4)30-22-13-7-6-11-19(20)22/h6-8,10-13,20H,9,14-16H2,1-5H3,(H,25,27)/t20-/m1/s1. The number of benzene rings is 2. The highest BCUT2D eigenvalue weighted by Gasteiger charge is 2.34. The van der Waals surface area contributed by atoms with Crippen molar-refractivity contribution in [1.82, 2.24) is 5.32 Å². The molecule has 1 aliphatic heterocycles. The van der Waals surface area contributed by atoms with E-state index in [1.54, 1.807) is 0 Å². The summed E-state index contributed by atoms with van der Waals surface area (Å²) in [6.07, 6.45) is 2.56. The SMILES string of the molecule is Cc1cccc(N(CCCC(=O)N[C@@H]2CC(C)(C)Oc3ccccc32)S(C)(=O)=O)c1C. The molecule has 7 heteroatoms. The lowest BCUT2D eigenvalue weighted by Gasteiger charge is -2.37. The summed E-state index contributed by atoms with van der Waals surface area (Å²) in [6, 6.07) is 13.2. The average Bonchev–Trinajstić information content (AvgIpc) is 2.66. The summed E-state index contributed by atoms with van der Waals surface area (Å²) < 4.78 is 32.2.